The van der Waals surface area contributed by atoms with Crippen LogP contribution in [0.4, 0.5) is 5.69 Å². The molecule has 5 nitrogen and oxygen atoms in total. The molecule has 0 fully saturated rings. The van der Waals surface area contributed by atoms with Crippen molar-refractivity contribution in [2.24, 2.45) is 5.73 Å². The van der Waals surface area contributed by atoms with Crippen LogP contribution in [-0.4, -0.2) is 16.8 Å². The molecular weight excluding hydrogens is 206 g/mol. The minimum Gasteiger partial charge on any atom is -0.361 e. The Morgan fingerprint density at radius 3 is 2.75 bits per heavy atom. The van der Waals surface area contributed by atoms with E-state index in [4.69, 9.17) is 5.73 Å². The maximum Gasteiger partial charge on any atom is 0.313 e. The van der Waals surface area contributed by atoms with Gasteiger partial charge in [0.2, 0.25) is 0 Å². The van der Waals surface area contributed by atoms with E-state index in [9.17, 15) is 9.59 Å². The van der Waals surface area contributed by atoms with Crippen molar-refractivity contribution in [3.05, 3.63) is 36.5 Å². The van der Waals surface area contributed by atoms with Crippen LogP contribution >= 0.6 is 0 Å². The zero-order valence-electron chi connectivity index (χ0n) is 8.31. The van der Waals surface area contributed by atoms with Gasteiger partial charge in [-0.3, -0.25) is 14.6 Å². The van der Waals surface area contributed by atoms with Crippen LogP contribution in [0.25, 0.3) is 10.9 Å². The predicted octanol–water partition coefficient (Wildman–Crippen LogP) is 0.659. The van der Waals surface area contributed by atoms with Crippen LogP contribution in [0.2, 0.25) is 0 Å². The van der Waals surface area contributed by atoms with E-state index in [0.717, 1.165) is 10.9 Å². The lowest BCUT2D eigenvalue weighted by Crippen LogP contribution is -2.29. The SMILES string of the molecule is NC(=O)C(=O)Nc1cccc2ncccc12. The summed E-state index contributed by atoms with van der Waals surface area (Å²) in [5, 5.41) is 3.19. The van der Waals surface area contributed by atoms with Gasteiger partial charge in [0, 0.05) is 11.6 Å². The van der Waals surface area contributed by atoms with Crippen LogP contribution < -0.4 is 11.1 Å². The summed E-state index contributed by atoms with van der Waals surface area (Å²) in [7, 11) is 0. The van der Waals surface area contributed by atoms with Gasteiger partial charge in [-0.25, -0.2) is 0 Å². The Bertz CT molecular complexity index is 561. The molecule has 0 atom stereocenters. The number of amides is 2. The first-order valence-electron chi connectivity index (χ1n) is 4.63. The number of nitrogens with two attached hydrogens (primary N) is 1. The van der Waals surface area contributed by atoms with Gasteiger partial charge in [-0.1, -0.05) is 6.07 Å². The van der Waals surface area contributed by atoms with Gasteiger partial charge < -0.3 is 11.1 Å². The normalized spacial score (nSPS) is 10.0. The lowest BCUT2D eigenvalue weighted by atomic mass is 10.2. The molecule has 80 valence electrons. The molecule has 0 spiro atoms. The van der Waals surface area contributed by atoms with Crippen molar-refractivity contribution in [3.63, 3.8) is 0 Å². The van der Waals surface area contributed by atoms with Gasteiger partial charge in [0.05, 0.1) is 11.2 Å². The highest BCUT2D eigenvalue weighted by atomic mass is 16.2. The van der Waals surface area contributed by atoms with Crippen LogP contribution in [0.15, 0.2) is 36.5 Å². The van der Waals surface area contributed by atoms with E-state index in [0.29, 0.717) is 5.69 Å². The van der Waals surface area contributed by atoms with Gasteiger partial charge in [0.25, 0.3) is 0 Å². The van der Waals surface area contributed by atoms with Gasteiger partial charge in [0.15, 0.2) is 0 Å². The van der Waals surface area contributed by atoms with Crippen molar-refractivity contribution < 1.29 is 9.59 Å². The number of hydrogen-bond acceptors (Lipinski definition) is 3. The number of anilines is 1. The number of carbonyl (C=O) groups excluding carboxylic acids is 2. The number of rotatable bonds is 1. The molecule has 0 aliphatic carbocycles. The second-order valence-electron chi connectivity index (χ2n) is 3.19. The van der Waals surface area contributed by atoms with Gasteiger partial charge in [-0.2, -0.15) is 0 Å². The highest BCUT2D eigenvalue weighted by molar-refractivity contribution is 6.39. The van der Waals surface area contributed by atoms with E-state index in [-0.39, 0.29) is 0 Å². The topological polar surface area (TPSA) is 85.1 Å². The minimum absolute atomic E-state index is 0.523. The quantitative estimate of drug-likeness (QED) is 0.685. The van der Waals surface area contributed by atoms with E-state index in [2.05, 4.69) is 10.3 Å². The third-order valence-corrected chi connectivity index (χ3v) is 2.12. The molecule has 0 aliphatic heterocycles. The van der Waals surface area contributed by atoms with Crippen molar-refractivity contribution in [1.82, 2.24) is 4.98 Å². The van der Waals surface area contributed by atoms with Crippen LogP contribution in [-0.2, 0) is 9.59 Å². The van der Waals surface area contributed by atoms with Crippen molar-refractivity contribution in [2.75, 3.05) is 5.32 Å². The molecular formula is C11H9N3O2. The number of carbonyl (C=O) groups is 2. The summed E-state index contributed by atoms with van der Waals surface area (Å²) in [4.78, 5) is 25.9. The molecule has 0 radical (unpaired) electrons. The third kappa shape index (κ3) is 1.83. The summed E-state index contributed by atoms with van der Waals surface area (Å²) >= 11 is 0. The molecule has 1 aromatic heterocycles. The smallest absolute Gasteiger partial charge is 0.313 e. The Morgan fingerprint density at radius 2 is 2.00 bits per heavy atom. The number of primary amides is 1. The van der Waals surface area contributed by atoms with Crippen molar-refractivity contribution >= 4 is 28.4 Å². The van der Waals surface area contributed by atoms with Crippen LogP contribution in [0, 0.1) is 0 Å². The Hall–Kier alpha value is -2.43. The number of benzene rings is 1. The third-order valence-electron chi connectivity index (χ3n) is 2.12. The largest absolute Gasteiger partial charge is 0.361 e. The number of pyridine rings is 1. The van der Waals surface area contributed by atoms with Crippen LogP contribution in [0.5, 0.6) is 0 Å². The van der Waals surface area contributed by atoms with Crippen LogP contribution in [0.3, 0.4) is 0 Å². The molecule has 2 aromatic rings. The van der Waals surface area contributed by atoms with E-state index in [1.165, 1.54) is 0 Å². The maximum atomic E-state index is 11.1. The summed E-state index contributed by atoms with van der Waals surface area (Å²) in [6.07, 6.45) is 1.65. The first-order valence-corrected chi connectivity index (χ1v) is 4.63. The first kappa shape index (κ1) is 10.1. The average Bonchev–Trinajstić information content (AvgIpc) is 2.29. The Morgan fingerprint density at radius 1 is 1.19 bits per heavy atom. The Labute approximate surface area is 91.3 Å². The van der Waals surface area contributed by atoms with Gasteiger partial charge in [0.1, 0.15) is 0 Å². The van der Waals surface area contributed by atoms with Crippen LogP contribution in [0.1, 0.15) is 0 Å². The maximum absolute atomic E-state index is 11.1. The average molecular weight is 215 g/mol. The summed E-state index contributed by atoms with van der Waals surface area (Å²) in [5.41, 5.74) is 6.12. The zero-order valence-corrected chi connectivity index (χ0v) is 8.31. The molecule has 0 unspecified atom stereocenters. The molecule has 1 aromatic carbocycles. The monoisotopic (exact) mass is 215 g/mol. The first-order chi connectivity index (χ1) is 7.68. The molecule has 0 aliphatic rings. The minimum atomic E-state index is -1.01. The summed E-state index contributed by atoms with van der Waals surface area (Å²) in [6, 6.07) is 8.80. The number of nitrogens with zero attached hydrogens (tertiary/aromatic N) is 1. The second-order valence-corrected chi connectivity index (χ2v) is 3.19. The van der Waals surface area contributed by atoms with Crippen molar-refractivity contribution in [3.8, 4) is 0 Å². The predicted molar refractivity (Wildman–Crippen MR) is 59.6 cm³/mol. The fourth-order valence-electron chi connectivity index (χ4n) is 1.40. The lowest BCUT2D eigenvalue weighted by molar-refractivity contribution is -0.134. The molecule has 3 N–H and O–H groups in total. The van der Waals surface area contributed by atoms with Gasteiger partial charge in [-0.15, -0.1) is 0 Å². The lowest BCUT2D eigenvalue weighted by Gasteiger charge is -2.05. The van der Waals surface area contributed by atoms with E-state index in [1.54, 1.807) is 30.5 Å². The fourth-order valence-corrected chi connectivity index (χ4v) is 1.40. The number of fused-ring (bicyclic) bond motifs is 1. The molecule has 0 saturated carbocycles. The Kier molecular flexibility index (Phi) is 2.51. The van der Waals surface area contributed by atoms with Crippen molar-refractivity contribution in [2.45, 2.75) is 0 Å². The van der Waals surface area contributed by atoms with E-state index >= 15 is 0 Å². The molecule has 5 heteroatoms. The molecule has 16 heavy (non-hydrogen) atoms. The molecule has 2 rings (SSSR count). The van der Waals surface area contributed by atoms with Gasteiger partial charge >= 0.3 is 11.8 Å². The second kappa shape index (κ2) is 3.98. The zero-order chi connectivity index (χ0) is 11.5. The standard InChI is InChI=1S/C11H9N3O2/c12-10(15)11(16)14-9-5-1-4-8-7(9)3-2-6-13-8/h1-6H,(H2,12,15)(H,14,16). The molecule has 0 saturated heterocycles. The molecule has 2 amide bonds. The highest BCUT2D eigenvalue weighted by Gasteiger charge is 2.10. The van der Waals surface area contributed by atoms with E-state index in [1.807, 2.05) is 6.07 Å². The number of aromatic nitrogens is 1. The summed E-state index contributed by atoms with van der Waals surface area (Å²) < 4.78 is 0. The van der Waals surface area contributed by atoms with E-state index < -0.39 is 11.8 Å². The Balaban J connectivity index is 2.45. The molecule has 0 bridgehead atoms. The highest BCUT2D eigenvalue weighted by Crippen LogP contribution is 2.20. The van der Waals surface area contributed by atoms with Crippen molar-refractivity contribution in [1.29, 1.82) is 0 Å². The fraction of sp³-hybridized carbons (Fsp3) is 0. The summed E-state index contributed by atoms with van der Waals surface area (Å²) in [5.74, 6) is -1.85. The molecule has 1 heterocycles. The number of nitrogens with one attached hydrogen (secondary N) is 1. The summed E-state index contributed by atoms with van der Waals surface area (Å²) in [6.45, 7) is 0. The number of hydrogen-bond donors (Lipinski definition) is 2. The van der Waals surface area contributed by atoms with Gasteiger partial charge in [-0.05, 0) is 24.3 Å².